The molecule has 0 aliphatic carbocycles. The van der Waals surface area contributed by atoms with Crippen molar-refractivity contribution in [3.63, 3.8) is 0 Å². The number of likely N-dealkylation sites (N-methyl/N-ethyl adjacent to an activating group) is 7. The SMILES string of the molecule is C/C=C/C[C@@H](C)[C@@H](O)[C@H]1C(=O)N[C@H](CC)C(=O)N(C)[C@H](COCCN2CCOCC2)C(=O)N(C)[C@@H](CC(C)(C)O)C(=O)N[C@H](C(C)C)C(=O)N(C)[C@H](CCC(C)C)C(=O)N[C@H](C)C(=O)N[C@@H](C)C(=O)N(C)[C@@H](CC(C)C)C(=O)N(C)[C@H](CC(C)C)C(=O)N(C)[C@H](C(C)C)C(=O)N1C. The second kappa shape index (κ2) is 40.1. The van der Waals surface area contributed by atoms with Gasteiger partial charge in [0.05, 0.1) is 38.1 Å². The number of hydrogen-bond donors (Lipinski definition) is 6. The van der Waals surface area contributed by atoms with Crippen molar-refractivity contribution >= 4 is 65.0 Å². The molecular formula is C70H126N12O15. The summed E-state index contributed by atoms with van der Waals surface area (Å²) in [6.07, 6.45) is 2.69. The van der Waals surface area contributed by atoms with Crippen LogP contribution in [-0.2, 0) is 62.2 Å². The predicted octanol–water partition coefficient (Wildman–Crippen LogP) is 2.49. The van der Waals surface area contributed by atoms with Crippen molar-refractivity contribution in [1.82, 2.24) is 60.5 Å². The molecule has 2 aliphatic heterocycles. The van der Waals surface area contributed by atoms with Crippen LogP contribution in [0.15, 0.2) is 12.2 Å². The van der Waals surface area contributed by atoms with E-state index in [4.69, 9.17) is 9.47 Å². The lowest BCUT2D eigenvalue weighted by atomic mass is 9.91. The summed E-state index contributed by atoms with van der Waals surface area (Å²) >= 11 is 0. The first kappa shape index (κ1) is 86.8. The Kier molecular flexibility index (Phi) is 35.9. The average Bonchev–Trinajstić information content (AvgIpc) is 0.811. The summed E-state index contributed by atoms with van der Waals surface area (Å²) in [5.41, 5.74) is -1.62. The molecule has 0 bridgehead atoms. The van der Waals surface area contributed by atoms with E-state index in [9.17, 15) is 29.4 Å². The van der Waals surface area contributed by atoms with Crippen LogP contribution in [0, 0.1) is 35.5 Å². The maximum atomic E-state index is 15.4. The predicted molar refractivity (Wildman–Crippen MR) is 372 cm³/mol. The topological polar surface area (TPSA) is 321 Å². The lowest BCUT2D eigenvalue weighted by molar-refractivity contribution is -0.157. The normalized spacial score (nSPS) is 27.1. The van der Waals surface area contributed by atoms with Crippen LogP contribution >= 0.6 is 0 Å². The number of hydrogen-bond acceptors (Lipinski definition) is 16. The van der Waals surface area contributed by atoms with Crippen molar-refractivity contribution in [2.75, 3.05) is 95.4 Å². The summed E-state index contributed by atoms with van der Waals surface area (Å²) < 4.78 is 11.7. The Balaban J connectivity index is 3.13. The molecule has 0 aromatic carbocycles. The van der Waals surface area contributed by atoms with Crippen LogP contribution in [0.1, 0.15) is 163 Å². The van der Waals surface area contributed by atoms with Gasteiger partial charge in [0.25, 0.3) is 0 Å². The third-order valence-electron chi connectivity index (χ3n) is 18.6. The highest BCUT2D eigenvalue weighted by Gasteiger charge is 2.47. The quantitative estimate of drug-likeness (QED) is 0.0710. The van der Waals surface area contributed by atoms with E-state index in [2.05, 4.69) is 26.2 Å². The van der Waals surface area contributed by atoms with E-state index >= 15 is 33.6 Å². The molecule has 2 fully saturated rings. The number of aliphatic hydroxyl groups excluding tert-OH is 1. The number of carbonyl (C=O) groups excluding carboxylic acids is 11. The second-order valence-corrected chi connectivity index (χ2v) is 29.6. The van der Waals surface area contributed by atoms with Crippen molar-refractivity contribution < 1.29 is 72.4 Å². The number of carbonyl (C=O) groups is 11. The van der Waals surface area contributed by atoms with Crippen molar-refractivity contribution in [2.45, 2.75) is 241 Å². The van der Waals surface area contributed by atoms with Crippen LogP contribution in [-0.4, -0.2) is 288 Å². The first-order valence-electron chi connectivity index (χ1n) is 35.0. The molecule has 0 saturated carbocycles. The fourth-order valence-corrected chi connectivity index (χ4v) is 12.3. The number of amides is 11. The van der Waals surface area contributed by atoms with Gasteiger partial charge in [-0.25, -0.2) is 0 Å². The Bertz CT molecular complexity index is 2640. The van der Waals surface area contributed by atoms with Gasteiger partial charge in [0, 0.05) is 75.4 Å². The average molecular weight is 1380 g/mol. The highest BCUT2D eigenvalue weighted by Crippen LogP contribution is 2.27. The maximum absolute atomic E-state index is 15.4. The number of nitrogens with one attached hydrogen (secondary N) is 4. The maximum Gasteiger partial charge on any atom is 0.248 e. The molecule has 0 aromatic heterocycles. The zero-order valence-electron chi connectivity index (χ0n) is 63.2. The Hall–Kier alpha value is -6.29. The standard InChI is InChI=1S/C70H126N12O15/c1-25-27-28-46(13)58(83)57-62(87)73-49(26-2)64(89)79(22)54(40-97-36-33-82-31-34-96-35-32-82)67(92)78(21)53(39-70(16,17)95)61(86)74-55(44(9)10)68(93)75(18)50(30-29-41(3)4)60(85)71-47(14)59(84)72-48(15)63(88)76(19)51(37-42(5)6)65(90)77(20)52(38-43(7)8)66(91)80(23)56(45(11)12)69(94)81(57)24/h25,27,41-58,83,95H,26,28-40H2,1-24H3,(H,71,85)(H,72,84)(H,73,87)(H,74,86)/b27-25+/t46-,47-,48+,49-,50-,51+,52-,53+,54-,55-,56-,57+,58-/m1/s1. The molecule has 0 spiro atoms. The number of morpholine rings is 1. The third-order valence-corrected chi connectivity index (χ3v) is 18.6. The molecule has 0 radical (unpaired) electrons. The number of aliphatic hydroxyl groups is 2. The van der Waals surface area contributed by atoms with Crippen LogP contribution in [0.3, 0.4) is 0 Å². The van der Waals surface area contributed by atoms with Gasteiger partial charge in [-0.15, -0.1) is 0 Å². The van der Waals surface area contributed by atoms with E-state index in [0.29, 0.717) is 39.3 Å². The summed E-state index contributed by atoms with van der Waals surface area (Å²) in [5.74, 6) is -10.4. The zero-order valence-corrected chi connectivity index (χ0v) is 63.2. The van der Waals surface area contributed by atoms with Gasteiger partial charge in [0.15, 0.2) is 0 Å². The summed E-state index contributed by atoms with van der Waals surface area (Å²) in [6.45, 7) is 31.5. The molecule has 11 amide bonds. The molecule has 13 atom stereocenters. The molecule has 27 heteroatoms. The van der Waals surface area contributed by atoms with Gasteiger partial charge in [-0.2, -0.15) is 0 Å². The number of allylic oxidation sites excluding steroid dienone is 2. The molecule has 0 unspecified atom stereocenters. The zero-order chi connectivity index (χ0) is 74.4. The molecule has 2 aliphatic rings. The molecule has 2 saturated heterocycles. The van der Waals surface area contributed by atoms with Crippen molar-refractivity contribution in [2.24, 2.45) is 35.5 Å². The molecule has 2 heterocycles. The van der Waals surface area contributed by atoms with E-state index in [1.807, 2.05) is 41.5 Å². The smallest absolute Gasteiger partial charge is 0.248 e. The molecule has 97 heavy (non-hydrogen) atoms. The monoisotopic (exact) mass is 1370 g/mol. The van der Waals surface area contributed by atoms with Gasteiger partial charge in [0.1, 0.15) is 66.5 Å². The number of ether oxygens (including phenoxy) is 2. The van der Waals surface area contributed by atoms with Crippen molar-refractivity contribution in [3.05, 3.63) is 12.2 Å². The first-order chi connectivity index (χ1) is 45.0. The molecule has 6 N–H and O–H groups in total. The highest BCUT2D eigenvalue weighted by molar-refractivity contribution is 6.00. The molecule has 0 aromatic rings. The Morgan fingerprint density at radius 3 is 1.52 bits per heavy atom. The third kappa shape index (κ3) is 25.4. The van der Waals surface area contributed by atoms with Crippen LogP contribution in [0.5, 0.6) is 0 Å². The van der Waals surface area contributed by atoms with E-state index < -0.39 is 168 Å². The number of nitrogens with zero attached hydrogens (tertiary/aromatic N) is 8. The lowest BCUT2D eigenvalue weighted by Crippen LogP contribution is -2.64. The molecule has 27 nitrogen and oxygen atoms in total. The fourth-order valence-electron chi connectivity index (χ4n) is 12.3. The van der Waals surface area contributed by atoms with Crippen molar-refractivity contribution in [3.8, 4) is 0 Å². The summed E-state index contributed by atoms with van der Waals surface area (Å²) in [6, 6.07) is -14.8. The Morgan fingerprint density at radius 2 is 1.02 bits per heavy atom. The van der Waals surface area contributed by atoms with Gasteiger partial charge < -0.3 is 75.3 Å². The van der Waals surface area contributed by atoms with Gasteiger partial charge in [0.2, 0.25) is 65.0 Å². The van der Waals surface area contributed by atoms with Crippen LogP contribution in [0.25, 0.3) is 0 Å². The van der Waals surface area contributed by atoms with Gasteiger partial charge >= 0.3 is 0 Å². The van der Waals surface area contributed by atoms with Crippen LogP contribution in [0.2, 0.25) is 0 Å². The van der Waals surface area contributed by atoms with Gasteiger partial charge in [-0.05, 0) is 109 Å². The van der Waals surface area contributed by atoms with E-state index in [0.717, 1.165) is 14.7 Å². The molecular weight excluding hydrogens is 1250 g/mol. The first-order valence-corrected chi connectivity index (χ1v) is 35.0. The van der Waals surface area contributed by atoms with E-state index in [1.54, 1.807) is 60.6 Å². The van der Waals surface area contributed by atoms with Gasteiger partial charge in [-0.1, -0.05) is 95.2 Å². The van der Waals surface area contributed by atoms with Crippen LogP contribution < -0.4 is 21.3 Å². The minimum Gasteiger partial charge on any atom is -0.390 e. The van der Waals surface area contributed by atoms with Crippen LogP contribution in [0.4, 0.5) is 0 Å². The molecule has 556 valence electrons. The largest absolute Gasteiger partial charge is 0.390 e. The van der Waals surface area contributed by atoms with Crippen molar-refractivity contribution in [1.29, 1.82) is 0 Å². The fraction of sp³-hybridized carbons (Fsp3) is 0.814. The van der Waals surface area contributed by atoms with E-state index in [-0.39, 0.29) is 62.9 Å². The molecule has 2 rings (SSSR count). The Labute approximate surface area is 579 Å². The van der Waals surface area contributed by atoms with Gasteiger partial charge in [-0.3, -0.25) is 57.6 Å². The second-order valence-electron chi connectivity index (χ2n) is 29.6. The van der Waals surface area contributed by atoms with E-state index in [1.165, 1.54) is 96.6 Å². The minimum atomic E-state index is -1.68. The summed E-state index contributed by atoms with van der Waals surface area (Å²) in [4.78, 5) is 175. The highest BCUT2D eigenvalue weighted by atomic mass is 16.5. The minimum absolute atomic E-state index is 0.0578. The summed E-state index contributed by atoms with van der Waals surface area (Å²) in [7, 11) is 9.75. The number of rotatable bonds is 21. The Morgan fingerprint density at radius 1 is 0.546 bits per heavy atom. The summed E-state index contributed by atoms with van der Waals surface area (Å²) in [5, 5.41) is 34.8. The lowest BCUT2D eigenvalue weighted by Gasteiger charge is -2.41.